The summed E-state index contributed by atoms with van der Waals surface area (Å²) in [5.74, 6) is 0. The van der Waals surface area contributed by atoms with Crippen LogP contribution in [0.15, 0.2) is 0 Å². The first kappa shape index (κ1) is 12.8. The van der Waals surface area contributed by atoms with Crippen LogP contribution in [0.1, 0.15) is 6.42 Å². The van der Waals surface area contributed by atoms with Crippen LogP contribution >= 0.6 is 0 Å². The second-order valence-electron chi connectivity index (χ2n) is 2.67. The van der Waals surface area contributed by atoms with Gasteiger partial charge in [0.15, 0.2) is 0 Å². The third kappa shape index (κ3) is 11.8. The predicted molar refractivity (Wildman–Crippen MR) is 52.1 cm³/mol. The number of hydrogen-bond donors (Lipinski definition) is 1. The van der Waals surface area contributed by atoms with Crippen LogP contribution in [0.3, 0.4) is 0 Å². The molecule has 0 spiro atoms. The van der Waals surface area contributed by atoms with Crippen LogP contribution in [-0.2, 0) is 14.2 Å². The maximum atomic E-state index is 5.31. The first-order valence-corrected chi connectivity index (χ1v) is 4.71. The van der Waals surface area contributed by atoms with Crippen LogP contribution in [0.5, 0.6) is 0 Å². The number of ether oxygens (including phenoxy) is 3. The van der Waals surface area contributed by atoms with Crippen LogP contribution < -0.4 is 5.32 Å². The Balaban J connectivity index is 2.76. The van der Waals surface area contributed by atoms with Gasteiger partial charge in [0.25, 0.3) is 0 Å². The van der Waals surface area contributed by atoms with Gasteiger partial charge in [0, 0.05) is 26.9 Å². The first-order chi connectivity index (χ1) is 6.41. The minimum absolute atomic E-state index is 0.667. The second kappa shape index (κ2) is 11.8. The summed E-state index contributed by atoms with van der Waals surface area (Å²) in [6.45, 7) is 4.55. The molecule has 4 nitrogen and oxygen atoms in total. The van der Waals surface area contributed by atoms with Gasteiger partial charge >= 0.3 is 0 Å². The lowest BCUT2D eigenvalue weighted by molar-refractivity contribution is 0.0520. The SMILES string of the molecule is CNCCOCCCOCCOC. The van der Waals surface area contributed by atoms with E-state index >= 15 is 0 Å². The molecule has 80 valence electrons. The number of rotatable bonds is 10. The molecule has 0 atom stereocenters. The molecule has 0 saturated heterocycles. The van der Waals surface area contributed by atoms with Crippen LogP contribution in [0, 0.1) is 0 Å². The van der Waals surface area contributed by atoms with Crippen molar-refractivity contribution >= 4 is 0 Å². The monoisotopic (exact) mass is 191 g/mol. The van der Waals surface area contributed by atoms with E-state index in [2.05, 4.69) is 5.32 Å². The average molecular weight is 191 g/mol. The van der Waals surface area contributed by atoms with Crippen molar-refractivity contribution in [2.24, 2.45) is 0 Å². The molecular weight excluding hydrogens is 170 g/mol. The lowest BCUT2D eigenvalue weighted by Crippen LogP contribution is -2.15. The van der Waals surface area contributed by atoms with E-state index in [0.29, 0.717) is 13.2 Å². The van der Waals surface area contributed by atoms with E-state index in [-0.39, 0.29) is 0 Å². The van der Waals surface area contributed by atoms with Gasteiger partial charge in [-0.15, -0.1) is 0 Å². The molecular formula is C9H21NO3. The Hall–Kier alpha value is -0.160. The van der Waals surface area contributed by atoms with Gasteiger partial charge in [-0.1, -0.05) is 0 Å². The normalized spacial score (nSPS) is 10.6. The van der Waals surface area contributed by atoms with E-state index in [1.807, 2.05) is 7.05 Å². The molecule has 4 heteroatoms. The fourth-order valence-corrected chi connectivity index (χ4v) is 0.784. The molecule has 0 radical (unpaired) electrons. The van der Waals surface area contributed by atoms with Crippen LogP contribution in [-0.4, -0.2) is 53.7 Å². The van der Waals surface area contributed by atoms with Crippen molar-refractivity contribution < 1.29 is 14.2 Å². The largest absolute Gasteiger partial charge is 0.382 e. The van der Waals surface area contributed by atoms with Crippen molar-refractivity contribution in [2.45, 2.75) is 6.42 Å². The van der Waals surface area contributed by atoms with Crippen molar-refractivity contribution in [3.63, 3.8) is 0 Å². The van der Waals surface area contributed by atoms with E-state index in [0.717, 1.165) is 32.8 Å². The van der Waals surface area contributed by atoms with Gasteiger partial charge in [-0.2, -0.15) is 0 Å². The summed E-state index contributed by atoms with van der Waals surface area (Å²) in [5.41, 5.74) is 0. The molecule has 0 aromatic rings. The molecule has 0 rings (SSSR count). The Labute approximate surface area is 80.5 Å². The molecule has 0 aliphatic heterocycles. The summed E-state index contributed by atoms with van der Waals surface area (Å²) in [7, 11) is 3.58. The minimum atomic E-state index is 0.667. The smallest absolute Gasteiger partial charge is 0.0700 e. The topological polar surface area (TPSA) is 39.7 Å². The molecule has 0 heterocycles. The van der Waals surface area contributed by atoms with Crippen LogP contribution in [0.2, 0.25) is 0 Å². The Bertz CT molecular complexity index is 80.9. The number of hydrogen-bond acceptors (Lipinski definition) is 4. The van der Waals surface area contributed by atoms with Crippen molar-refractivity contribution in [2.75, 3.05) is 53.7 Å². The molecule has 0 aliphatic carbocycles. The molecule has 0 amide bonds. The predicted octanol–water partition coefficient (Wildman–Crippen LogP) is 0.275. The number of likely N-dealkylation sites (N-methyl/N-ethyl adjacent to an activating group) is 1. The highest BCUT2D eigenvalue weighted by molar-refractivity contribution is 4.38. The zero-order valence-corrected chi connectivity index (χ0v) is 8.67. The first-order valence-electron chi connectivity index (χ1n) is 4.71. The summed E-state index contributed by atoms with van der Waals surface area (Å²) in [5, 5.41) is 3.01. The van der Waals surface area contributed by atoms with Gasteiger partial charge in [-0.05, 0) is 13.5 Å². The number of methoxy groups -OCH3 is 1. The highest BCUT2D eigenvalue weighted by atomic mass is 16.5. The van der Waals surface area contributed by atoms with E-state index in [9.17, 15) is 0 Å². The summed E-state index contributed by atoms with van der Waals surface area (Å²) in [4.78, 5) is 0. The van der Waals surface area contributed by atoms with E-state index in [1.54, 1.807) is 7.11 Å². The fourth-order valence-electron chi connectivity index (χ4n) is 0.784. The molecule has 0 aromatic carbocycles. The zero-order valence-electron chi connectivity index (χ0n) is 8.67. The van der Waals surface area contributed by atoms with Crippen molar-refractivity contribution in [3.05, 3.63) is 0 Å². The van der Waals surface area contributed by atoms with Gasteiger partial charge in [0.1, 0.15) is 0 Å². The van der Waals surface area contributed by atoms with Gasteiger partial charge in [-0.3, -0.25) is 0 Å². The quantitative estimate of drug-likeness (QED) is 0.503. The van der Waals surface area contributed by atoms with Gasteiger partial charge in [0.2, 0.25) is 0 Å². The molecule has 0 aliphatic rings. The average Bonchev–Trinajstić information content (AvgIpc) is 2.16. The Morgan fingerprint density at radius 1 is 0.923 bits per heavy atom. The molecule has 0 bridgehead atoms. The molecule has 13 heavy (non-hydrogen) atoms. The summed E-state index contributed by atoms with van der Waals surface area (Å²) < 4.78 is 15.4. The molecule has 1 N–H and O–H groups in total. The Morgan fingerprint density at radius 3 is 2.23 bits per heavy atom. The summed E-state index contributed by atoms with van der Waals surface area (Å²) in [6.07, 6.45) is 0.952. The van der Waals surface area contributed by atoms with Crippen molar-refractivity contribution in [3.8, 4) is 0 Å². The third-order valence-electron chi connectivity index (χ3n) is 1.51. The summed E-state index contributed by atoms with van der Waals surface area (Å²) >= 11 is 0. The van der Waals surface area contributed by atoms with E-state index < -0.39 is 0 Å². The minimum Gasteiger partial charge on any atom is -0.382 e. The molecule has 0 fully saturated rings. The van der Waals surface area contributed by atoms with Gasteiger partial charge in [-0.25, -0.2) is 0 Å². The standard InChI is InChI=1S/C9H21NO3/c1-10-4-7-12-5-3-6-13-9-8-11-2/h10H,3-9H2,1-2H3. The summed E-state index contributed by atoms with van der Waals surface area (Å²) in [6, 6.07) is 0. The Kier molecular flexibility index (Phi) is 11.7. The van der Waals surface area contributed by atoms with Crippen molar-refractivity contribution in [1.82, 2.24) is 5.32 Å². The Morgan fingerprint density at radius 2 is 1.62 bits per heavy atom. The second-order valence-corrected chi connectivity index (χ2v) is 2.67. The van der Waals surface area contributed by atoms with Gasteiger partial charge in [0.05, 0.1) is 19.8 Å². The fraction of sp³-hybridized carbons (Fsp3) is 1.00. The lowest BCUT2D eigenvalue weighted by atomic mass is 10.5. The van der Waals surface area contributed by atoms with E-state index in [1.165, 1.54) is 0 Å². The highest BCUT2D eigenvalue weighted by Gasteiger charge is 1.89. The van der Waals surface area contributed by atoms with Crippen LogP contribution in [0.4, 0.5) is 0 Å². The molecule has 0 aromatic heterocycles. The van der Waals surface area contributed by atoms with Crippen molar-refractivity contribution in [1.29, 1.82) is 0 Å². The lowest BCUT2D eigenvalue weighted by Gasteiger charge is -2.04. The third-order valence-corrected chi connectivity index (χ3v) is 1.51. The zero-order chi connectivity index (χ0) is 9.78. The van der Waals surface area contributed by atoms with E-state index in [4.69, 9.17) is 14.2 Å². The highest BCUT2D eigenvalue weighted by Crippen LogP contribution is 1.85. The molecule has 0 unspecified atom stereocenters. The molecule has 0 saturated carbocycles. The van der Waals surface area contributed by atoms with Crippen LogP contribution in [0.25, 0.3) is 0 Å². The maximum Gasteiger partial charge on any atom is 0.0700 e. The van der Waals surface area contributed by atoms with Gasteiger partial charge < -0.3 is 19.5 Å². The number of nitrogens with one attached hydrogen (secondary N) is 1. The maximum absolute atomic E-state index is 5.31.